The molecule has 3 aromatic rings. The second kappa shape index (κ2) is 10.4. The monoisotopic (exact) mass is 430 g/mol. The molecule has 6 heteroatoms. The van der Waals surface area contributed by atoms with Gasteiger partial charge >= 0.3 is 0 Å². The van der Waals surface area contributed by atoms with Crippen LogP contribution in [0.3, 0.4) is 0 Å². The molecule has 0 radical (unpaired) electrons. The minimum Gasteiger partial charge on any atom is -0.351 e. The number of piperazine rings is 1. The topological polar surface area (TPSA) is 64.7 Å². The zero-order chi connectivity index (χ0) is 22.3. The second-order valence-corrected chi connectivity index (χ2v) is 8.27. The predicted molar refractivity (Wildman–Crippen MR) is 128 cm³/mol. The third-order valence-corrected chi connectivity index (χ3v) is 6.08. The first-order valence-electron chi connectivity index (χ1n) is 11.2. The minimum atomic E-state index is -0.233. The summed E-state index contributed by atoms with van der Waals surface area (Å²) < 4.78 is 0. The van der Waals surface area contributed by atoms with E-state index in [0.717, 1.165) is 48.2 Å². The maximum Gasteiger partial charge on any atom is 0.241 e. The SMILES string of the molecule is CC(C(=O)Nc1cccc2ccccc12)N1CCN(CC(=O)NCc2ccccc2)CC1. The number of hydrogen-bond acceptors (Lipinski definition) is 4. The van der Waals surface area contributed by atoms with Gasteiger partial charge in [-0.3, -0.25) is 19.4 Å². The van der Waals surface area contributed by atoms with Gasteiger partial charge in [0.1, 0.15) is 0 Å². The van der Waals surface area contributed by atoms with Crippen molar-refractivity contribution < 1.29 is 9.59 Å². The molecule has 1 atom stereocenters. The average molecular weight is 431 g/mol. The van der Waals surface area contributed by atoms with Gasteiger partial charge in [-0.2, -0.15) is 0 Å². The summed E-state index contributed by atoms with van der Waals surface area (Å²) in [5.74, 6) is 0.0273. The Labute approximate surface area is 189 Å². The van der Waals surface area contributed by atoms with E-state index in [4.69, 9.17) is 0 Å². The lowest BCUT2D eigenvalue weighted by atomic mass is 10.1. The number of fused-ring (bicyclic) bond motifs is 1. The Morgan fingerprint density at radius 2 is 1.56 bits per heavy atom. The molecule has 1 saturated heterocycles. The summed E-state index contributed by atoms with van der Waals surface area (Å²) in [6.45, 7) is 5.94. The van der Waals surface area contributed by atoms with E-state index < -0.39 is 0 Å². The maximum atomic E-state index is 12.9. The summed E-state index contributed by atoms with van der Waals surface area (Å²) in [6.07, 6.45) is 0. The summed E-state index contributed by atoms with van der Waals surface area (Å²) in [4.78, 5) is 29.5. The minimum absolute atomic E-state index is 0.00425. The van der Waals surface area contributed by atoms with Crippen molar-refractivity contribution in [3.05, 3.63) is 78.4 Å². The van der Waals surface area contributed by atoms with Gasteiger partial charge < -0.3 is 10.6 Å². The molecule has 2 amide bonds. The normalized spacial score (nSPS) is 15.9. The molecule has 1 fully saturated rings. The van der Waals surface area contributed by atoms with E-state index >= 15 is 0 Å². The Bertz CT molecular complexity index is 1060. The van der Waals surface area contributed by atoms with Crippen molar-refractivity contribution in [3.63, 3.8) is 0 Å². The van der Waals surface area contributed by atoms with Crippen molar-refractivity contribution in [3.8, 4) is 0 Å². The summed E-state index contributed by atoms with van der Waals surface area (Å²) in [7, 11) is 0. The van der Waals surface area contributed by atoms with Gasteiger partial charge in [0.15, 0.2) is 0 Å². The van der Waals surface area contributed by atoms with E-state index in [2.05, 4.69) is 20.4 Å². The lowest BCUT2D eigenvalue weighted by molar-refractivity contribution is -0.124. The number of benzene rings is 3. The first-order chi connectivity index (χ1) is 15.6. The molecule has 166 valence electrons. The van der Waals surface area contributed by atoms with Gasteiger partial charge in [-0.1, -0.05) is 66.7 Å². The Morgan fingerprint density at radius 1 is 0.875 bits per heavy atom. The van der Waals surface area contributed by atoms with Crippen LogP contribution in [0.1, 0.15) is 12.5 Å². The molecule has 1 aliphatic heterocycles. The highest BCUT2D eigenvalue weighted by atomic mass is 16.2. The molecular weight excluding hydrogens is 400 g/mol. The highest BCUT2D eigenvalue weighted by Gasteiger charge is 2.26. The molecule has 0 aliphatic carbocycles. The second-order valence-electron chi connectivity index (χ2n) is 8.27. The fourth-order valence-corrected chi connectivity index (χ4v) is 4.10. The van der Waals surface area contributed by atoms with Crippen molar-refractivity contribution in [1.29, 1.82) is 0 Å². The Kier molecular flexibility index (Phi) is 7.14. The fourth-order valence-electron chi connectivity index (χ4n) is 4.10. The van der Waals surface area contributed by atoms with E-state index in [1.54, 1.807) is 0 Å². The van der Waals surface area contributed by atoms with Gasteiger partial charge in [-0.15, -0.1) is 0 Å². The molecule has 0 aromatic heterocycles. The third kappa shape index (κ3) is 5.52. The van der Waals surface area contributed by atoms with E-state index in [9.17, 15) is 9.59 Å². The van der Waals surface area contributed by atoms with Crippen LogP contribution in [0, 0.1) is 0 Å². The number of nitrogens with one attached hydrogen (secondary N) is 2. The highest BCUT2D eigenvalue weighted by Crippen LogP contribution is 2.23. The summed E-state index contributed by atoms with van der Waals surface area (Å²) in [5, 5.41) is 8.23. The number of rotatable bonds is 7. The summed E-state index contributed by atoms with van der Waals surface area (Å²) in [5.41, 5.74) is 1.94. The van der Waals surface area contributed by atoms with Gasteiger partial charge in [0.05, 0.1) is 12.6 Å². The largest absolute Gasteiger partial charge is 0.351 e. The van der Waals surface area contributed by atoms with Crippen LogP contribution in [-0.2, 0) is 16.1 Å². The number of amides is 2. The number of carbonyl (C=O) groups excluding carboxylic acids is 2. The van der Waals surface area contributed by atoms with Crippen LogP contribution in [-0.4, -0.2) is 60.4 Å². The molecule has 1 heterocycles. The molecule has 1 aliphatic rings. The number of carbonyl (C=O) groups is 2. The number of anilines is 1. The first kappa shape index (κ1) is 22.0. The zero-order valence-corrected chi connectivity index (χ0v) is 18.5. The van der Waals surface area contributed by atoms with Gasteiger partial charge in [-0.05, 0) is 23.9 Å². The molecule has 0 bridgehead atoms. The quantitative estimate of drug-likeness (QED) is 0.605. The van der Waals surface area contributed by atoms with Gasteiger partial charge in [0, 0.05) is 43.8 Å². The Balaban J connectivity index is 1.24. The van der Waals surface area contributed by atoms with Crippen LogP contribution in [0.4, 0.5) is 5.69 Å². The number of nitrogens with zero attached hydrogens (tertiary/aromatic N) is 2. The zero-order valence-electron chi connectivity index (χ0n) is 18.5. The van der Waals surface area contributed by atoms with Crippen LogP contribution in [0.5, 0.6) is 0 Å². The Morgan fingerprint density at radius 3 is 2.34 bits per heavy atom. The van der Waals surface area contributed by atoms with Gasteiger partial charge in [0.2, 0.25) is 11.8 Å². The molecule has 1 unspecified atom stereocenters. The third-order valence-electron chi connectivity index (χ3n) is 6.08. The van der Waals surface area contributed by atoms with E-state index in [0.29, 0.717) is 13.1 Å². The van der Waals surface area contributed by atoms with Crippen LogP contribution < -0.4 is 10.6 Å². The van der Waals surface area contributed by atoms with Crippen LogP contribution >= 0.6 is 0 Å². The number of hydrogen-bond donors (Lipinski definition) is 2. The maximum absolute atomic E-state index is 12.9. The molecular formula is C26H30N4O2. The van der Waals surface area contributed by atoms with E-state index in [-0.39, 0.29) is 17.9 Å². The molecule has 0 saturated carbocycles. The van der Waals surface area contributed by atoms with Gasteiger partial charge in [-0.25, -0.2) is 0 Å². The molecule has 2 N–H and O–H groups in total. The van der Waals surface area contributed by atoms with Gasteiger partial charge in [0.25, 0.3) is 0 Å². The lowest BCUT2D eigenvalue weighted by Gasteiger charge is -2.37. The lowest BCUT2D eigenvalue weighted by Crippen LogP contribution is -2.54. The van der Waals surface area contributed by atoms with Crippen LogP contribution in [0.25, 0.3) is 10.8 Å². The first-order valence-corrected chi connectivity index (χ1v) is 11.2. The smallest absolute Gasteiger partial charge is 0.241 e. The van der Waals surface area contributed by atoms with Crippen molar-refractivity contribution in [2.24, 2.45) is 0 Å². The van der Waals surface area contributed by atoms with Crippen molar-refractivity contribution in [2.75, 3.05) is 38.0 Å². The molecule has 3 aromatic carbocycles. The fraction of sp³-hybridized carbons (Fsp3) is 0.308. The summed E-state index contributed by atoms with van der Waals surface area (Å²) >= 11 is 0. The predicted octanol–water partition coefficient (Wildman–Crippen LogP) is 3.10. The molecule has 32 heavy (non-hydrogen) atoms. The highest BCUT2D eigenvalue weighted by molar-refractivity contribution is 6.03. The van der Waals surface area contributed by atoms with Crippen molar-refractivity contribution >= 4 is 28.3 Å². The Hall–Kier alpha value is -3.22. The van der Waals surface area contributed by atoms with Crippen molar-refractivity contribution in [2.45, 2.75) is 19.5 Å². The average Bonchev–Trinajstić information content (AvgIpc) is 2.83. The van der Waals surface area contributed by atoms with Crippen molar-refractivity contribution in [1.82, 2.24) is 15.1 Å². The summed E-state index contributed by atoms with van der Waals surface area (Å²) in [6, 6.07) is 23.7. The van der Waals surface area contributed by atoms with E-state index in [1.807, 2.05) is 79.7 Å². The standard InChI is InChI=1S/C26H30N4O2/c1-20(26(32)28-24-13-7-11-22-10-5-6-12-23(22)24)30-16-14-29(15-17-30)19-25(31)27-18-21-8-3-2-4-9-21/h2-13,20H,14-19H2,1H3,(H,27,31)(H,28,32). The molecule has 4 rings (SSSR count). The molecule has 0 spiro atoms. The van der Waals surface area contributed by atoms with Crippen LogP contribution in [0.2, 0.25) is 0 Å². The van der Waals surface area contributed by atoms with E-state index in [1.165, 1.54) is 0 Å². The van der Waals surface area contributed by atoms with Crippen LogP contribution in [0.15, 0.2) is 72.8 Å². The molecule has 6 nitrogen and oxygen atoms in total.